The lowest BCUT2D eigenvalue weighted by Gasteiger charge is -2.41. The lowest BCUT2D eigenvalue weighted by Crippen LogP contribution is -2.50. The molecular formula is C24H23F2N3O4S. The Balaban J connectivity index is 1.36. The summed E-state index contributed by atoms with van der Waals surface area (Å²) in [5, 5.41) is 4.08. The molecule has 1 saturated heterocycles. The van der Waals surface area contributed by atoms with Gasteiger partial charge in [-0.05, 0) is 49.1 Å². The Labute approximate surface area is 195 Å². The summed E-state index contributed by atoms with van der Waals surface area (Å²) in [6.07, 6.45) is 0.280. The zero-order valence-corrected chi connectivity index (χ0v) is 19.2. The van der Waals surface area contributed by atoms with Crippen molar-refractivity contribution in [1.29, 1.82) is 0 Å². The number of aromatic nitrogens is 1. The number of para-hydroxylation sites is 1. The molecule has 3 aliphatic rings. The van der Waals surface area contributed by atoms with Crippen LogP contribution >= 0.6 is 0 Å². The number of alkyl halides is 2. The van der Waals surface area contributed by atoms with E-state index in [-0.39, 0.29) is 21.9 Å². The molecule has 6 rings (SSSR count). The average Bonchev–Trinajstić information content (AvgIpc) is 3.45. The molecule has 178 valence electrons. The summed E-state index contributed by atoms with van der Waals surface area (Å²) >= 11 is 0. The lowest BCUT2D eigenvalue weighted by atomic mass is 9.79. The first kappa shape index (κ1) is 21.4. The van der Waals surface area contributed by atoms with Crippen LogP contribution in [0.4, 0.5) is 20.3 Å². The molecule has 1 saturated carbocycles. The molecule has 1 N–H and O–H groups in total. The van der Waals surface area contributed by atoms with E-state index in [0.29, 0.717) is 25.3 Å². The fourth-order valence-corrected chi connectivity index (χ4v) is 6.28. The Bertz CT molecular complexity index is 1380. The highest BCUT2D eigenvalue weighted by molar-refractivity contribution is 7.92. The SMILES string of the molecule is COc1ccccc1S(=O)(=O)Nc1noc2c1CC1(CC1)c1ccc(N3CC(C(F)F)C3)cc1-2. The van der Waals surface area contributed by atoms with Crippen molar-refractivity contribution in [3.63, 3.8) is 0 Å². The van der Waals surface area contributed by atoms with E-state index in [4.69, 9.17) is 9.26 Å². The molecule has 1 aromatic heterocycles. The summed E-state index contributed by atoms with van der Waals surface area (Å²) in [6.45, 7) is 0.629. The molecule has 2 fully saturated rings. The maximum atomic E-state index is 13.1. The zero-order chi connectivity index (χ0) is 23.7. The van der Waals surface area contributed by atoms with Crippen molar-refractivity contribution in [2.24, 2.45) is 5.92 Å². The number of sulfonamides is 1. The van der Waals surface area contributed by atoms with Crippen LogP contribution in [0.15, 0.2) is 51.9 Å². The van der Waals surface area contributed by atoms with Crippen molar-refractivity contribution < 1.29 is 26.5 Å². The van der Waals surface area contributed by atoms with Crippen molar-refractivity contribution in [2.75, 3.05) is 29.8 Å². The molecule has 0 radical (unpaired) electrons. The Hall–Kier alpha value is -3.14. The molecule has 10 heteroatoms. The second kappa shape index (κ2) is 7.43. The predicted octanol–water partition coefficient (Wildman–Crippen LogP) is 4.44. The molecule has 0 bridgehead atoms. The molecule has 2 aliphatic carbocycles. The van der Waals surface area contributed by atoms with Gasteiger partial charge in [-0.15, -0.1) is 0 Å². The number of anilines is 2. The third-order valence-corrected chi connectivity index (χ3v) is 8.58. The third kappa shape index (κ3) is 3.26. The second-order valence-electron chi connectivity index (χ2n) is 9.28. The maximum absolute atomic E-state index is 13.1. The highest BCUT2D eigenvalue weighted by Gasteiger charge is 2.51. The van der Waals surface area contributed by atoms with Crippen molar-refractivity contribution in [3.05, 3.63) is 53.6 Å². The number of nitrogens with one attached hydrogen (secondary N) is 1. The van der Waals surface area contributed by atoms with Crippen LogP contribution in [-0.4, -0.2) is 40.2 Å². The normalized spacial score (nSPS) is 18.4. The van der Waals surface area contributed by atoms with E-state index in [0.717, 1.165) is 35.2 Å². The average molecular weight is 488 g/mol. The van der Waals surface area contributed by atoms with Gasteiger partial charge in [0.05, 0.1) is 13.0 Å². The van der Waals surface area contributed by atoms with Crippen LogP contribution in [0.3, 0.4) is 0 Å². The molecule has 2 heterocycles. The molecule has 2 aromatic carbocycles. The smallest absolute Gasteiger partial charge is 0.266 e. The standard InChI is InChI=1S/C24H23F2N3O4S/c1-32-19-4-2-3-5-20(19)34(30,31)28-23-17-11-24(8-9-24)18-7-6-15(10-16(18)21(17)33-27-23)29-12-14(13-29)22(25)26/h2-7,10,14,22H,8-9,11-13H2,1H3,(H,27,28). The summed E-state index contributed by atoms with van der Waals surface area (Å²) in [5.41, 5.74) is 3.50. The molecule has 0 amide bonds. The zero-order valence-electron chi connectivity index (χ0n) is 18.4. The number of methoxy groups -OCH3 is 1. The van der Waals surface area contributed by atoms with Gasteiger partial charge in [0.15, 0.2) is 11.6 Å². The van der Waals surface area contributed by atoms with E-state index in [1.807, 2.05) is 17.0 Å². The fourth-order valence-electron chi connectivity index (χ4n) is 5.08. The first-order valence-electron chi connectivity index (χ1n) is 11.1. The van der Waals surface area contributed by atoms with Crippen molar-refractivity contribution in [1.82, 2.24) is 5.16 Å². The van der Waals surface area contributed by atoms with Gasteiger partial charge in [-0.3, -0.25) is 4.72 Å². The second-order valence-corrected chi connectivity index (χ2v) is 10.9. The highest BCUT2D eigenvalue weighted by Crippen LogP contribution is 2.59. The number of hydrogen-bond donors (Lipinski definition) is 1. The lowest BCUT2D eigenvalue weighted by molar-refractivity contribution is 0.0614. The molecule has 0 unspecified atom stereocenters. The maximum Gasteiger partial charge on any atom is 0.266 e. The van der Waals surface area contributed by atoms with Crippen molar-refractivity contribution in [2.45, 2.75) is 36.0 Å². The minimum Gasteiger partial charge on any atom is -0.495 e. The van der Waals surface area contributed by atoms with Gasteiger partial charge >= 0.3 is 0 Å². The van der Waals surface area contributed by atoms with Gasteiger partial charge in [0, 0.05) is 35.3 Å². The first-order chi connectivity index (χ1) is 16.3. The Morgan fingerprint density at radius 2 is 1.97 bits per heavy atom. The van der Waals surface area contributed by atoms with Crippen LogP contribution < -0.4 is 14.4 Å². The number of ether oxygens (including phenoxy) is 1. The number of rotatable bonds is 6. The van der Waals surface area contributed by atoms with Crippen LogP contribution in [0.5, 0.6) is 5.75 Å². The minimum absolute atomic E-state index is 0.0141. The molecule has 1 aliphatic heterocycles. The van der Waals surface area contributed by atoms with Gasteiger partial charge in [-0.25, -0.2) is 17.2 Å². The van der Waals surface area contributed by atoms with E-state index >= 15 is 0 Å². The molecule has 7 nitrogen and oxygen atoms in total. The minimum atomic E-state index is -3.96. The summed E-state index contributed by atoms with van der Waals surface area (Å²) in [7, 11) is -2.55. The van der Waals surface area contributed by atoms with Crippen LogP contribution in [0.25, 0.3) is 11.3 Å². The van der Waals surface area contributed by atoms with Crippen LogP contribution in [0.2, 0.25) is 0 Å². The molecule has 0 atom stereocenters. The Morgan fingerprint density at radius 1 is 1.21 bits per heavy atom. The summed E-state index contributed by atoms with van der Waals surface area (Å²) in [5.74, 6) is 0.322. The number of halogens is 2. The monoisotopic (exact) mass is 487 g/mol. The fraction of sp³-hybridized carbons (Fsp3) is 0.375. The Morgan fingerprint density at radius 3 is 2.68 bits per heavy atom. The van der Waals surface area contributed by atoms with Gasteiger partial charge in [-0.2, -0.15) is 0 Å². The summed E-state index contributed by atoms with van der Waals surface area (Å²) in [6, 6.07) is 12.4. The van der Waals surface area contributed by atoms with Gasteiger partial charge in [0.1, 0.15) is 10.6 Å². The van der Waals surface area contributed by atoms with E-state index in [1.54, 1.807) is 18.2 Å². The van der Waals surface area contributed by atoms with Gasteiger partial charge in [-0.1, -0.05) is 23.4 Å². The van der Waals surface area contributed by atoms with Gasteiger partial charge in [0.2, 0.25) is 6.43 Å². The van der Waals surface area contributed by atoms with Crippen LogP contribution in [0.1, 0.15) is 24.0 Å². The van der Waals surface area contributed by atoms with Crippen molar-refractivity contribution >= 4 is 21.5 Å². The topological polar surface area (TPSA) is 84.7 Å². The number of fused-ring (bicyclic) bond motifs is 4. The van der Waals surface area contributed by atoms with E-state index in [1.165, 1.54) is 13.2 Å². The molecular weight excluding hydrogens is 464 g/mol. The van der Waals surface area contributed by atoms with Gasteiger partial charge in [0.25, 0.3) is 10.0 Å². The molecule has 3 aromatic rings. The number of hydrogen-bond acceptors (Lipinski definition) is 6. The quantitative estimate of drug-likeness (QED) is 0.554. The number of benzene rings is 2. The largest absolute Gasteiger partial charge is 0.495 e. The van der Waals surface area contributed by atoms with E-state index in [2.05, 4.69) is 15.9 Å². The molecule has 1 spiro atoms. The molecule has 34 heavy (non-hydrogen) atoms. The summed E-state index contributed by atoms with van der Waals surface area (Å²) < 4.78 is 65.6. The summed E-state index contributed by atoms with van der Waals surface area (Å²) in [4.78, 5) is 1.94. The van der Waals surface area contributed by atoms with Crippen molar-refractivity contribution in [3.8, 4) is 17.1 Å². The van der Waals surface area contributed by atoms with Crippen LogP contribution in [-0.2, 0) is 21.9 Å². The van der Waals surface area contributed by atoms with E-state index in [9.17, 15) is 17.2 Å². The first-order valence-corrected chi connectivity index (χ1v) is 12.6. The predicted molar refractivity (Wildman–Crippen MR) is 122 cm³/mol. The van der Waals surface area contributed by atoms with Crippen LogP contribution in [0, 0.1) is 5.92 Å². The number of nitrogens with zero attached hydrogens (tertiary/aromatic N) is 2. The highest BCUT2D eigenvalue weighted by atomic mass is 32.2. The van der Waals surface area contributed by atoms with E-state index < -0.39 is 22.4 Å². The Kier molecular flexibility index (Phi) is 4.68. The third-order valence-electron chi connectivity index (χ3n) is 7.20. The van der Waals surface area contributed by atoms with Gasteiger partial charge < -0.3 is 14.2 Å².